The molecule has 1 heterocycles. The van der Waals surface area contributed by atoms with Gasteiger partial charge in [-0.1, -0.05) is 20.4 Å². The highest BCUT2D eigenvalue weighted by molar-refractivity contribution is 5.67. The Bertz CT molecular complexity index is 903. The summed E-state index contributed by atoms with van der Waals surface area (Å²) in [4.78, 5) is 26.9. The molecule has 11 atom stereocenters. The maximum absolute atomic E-state index is 12.3. The fourth-order valence-corrected chi connectivity index (χ4v) is 10.6. The van der Waals surface area contributed by atoms with Gasteiger partial charge in [-0.25, -0.2) is 0 Å². The number of ether oxygens (including phenoxy) is 2. The molecule has 6 heteroatoms. The number of piperidine rings is 1. The smallest absolute Gasteiger partial charge is 0.302 e. The molecule has 32 heavy (non-hydrogen) atoms. The summed E-state index contributed by atoms with van der Waals surface area (Å²) < 4.78 is 12.0. The van der Waals surface area contributed by atoms with Crippen LogP contribution < -0.4 is 0 Å². The summed E-state index contributed by atoms with van der Waals surface area (Å²) in [5.41, 5.74) is 0.608. The van der Waals surface area contributed by atoms with E-state index in [1.54, 1.807) is 0 Å². The highest BCUT2D eigenvalue weighted by atomic mass is 16.5. The predicted molar refractivity (Wildman–Crippen MR) is 117 cm³/mol. The summed E-state index contributed by atoms with van der Waals surface area (Å²) >= 11 is 0. The standard InChI is InChI=1S/C26H37NO5/c1-6-27-12-24(5)8-7-21(32-15(4)29)26-19(24)9-17(22(26)27)25-11-16(13(2)23(25)30)18(10-20(25)26)31-14(3)28/h16-23,30H,2,6-12H2,1,3-5H3/t16-,17+,18+,19-,20-,21+,22?,23-,24+,25+,26+/m1/s1. The summed E-state index contributed by atoms with van der Waals surface area (Å²) in [6.45, 7) is 14.0. The van der Waals surface area contributed by atoms with E-state index in [-0.39, 0.29) is 52.2 Å². The van der Waals surface area contributed by atoms with Crippen molar-refractivity contribution in [2.24, 2.45) is 39.9 Å². The monoisotopic (exact) mass is 443 g/mol. The second-order valence-electron chi connectivity index (χ2n) is 12.0. The second-order valence-corrected chi connectivity index (χ2v) is 12.0. The van der Waals surface area contributed by atoms with Crippen molar-refractivity contribution in [3.63, 3.8) is 0 Å². The van der Waals surface area contributed by atoms with Crippen LogP contribution in [0.4, 0.5) is 0 Å². The number of esters is 2. The molecule has 6 fully saturated rings. The lowest BCUT2D eigenvalue weighted by Gasteiger charge is -2.65. The third-order valence-corrected chi connectivity index (χ3v) is 11.1. The summed E-state index contributed by atoms with van der Waals surface area (Å²) in [6.07, 6.45) is 3.68. The topological polar surface area (TPSA) is 76.1 Å². The number of carbonyl (C=O) groups excluding carboxylic acids is 2. The lowest BCUT2D eigenvalue weighted by Crippen LogP contribution is -2.69. The van der Waals surface area contributed by atoms with Crippen LogP contribution in [0.3, 0.4) is 0 Å². The number of carbonyl (C=O) groups is 2. The van der Waals surface area contributed by atoms with Gasteiger partial charge in [0, 0.05) is 43.2 Å². The molecule has 5 saturated carbocycles. The molecule has 6 aliphatic rings. The van der Waals surface area contributed by atoms with Gasteiger partial charge in [-0.15, -0.1) is 0 Å². The molecular weight excluding hydrogens is 406 g/mol. The summed E-state index contributed by atoms with van der Waals surface area (Å²) in [5.74, 6) is 0.551. The molecule has 0 aromatic carbocycles. The van der Waals surface area contributed by atoms with Gasteiger partial charge in [-0.05, 0) is 67.4 Å². The van der Waals surface area contributed by atoms with E-state index >= 15 is 0 Å². The van der Waals surface area contributed by atoms with E-state index in [1.165, 1.54) is 13.8 Å². The van der Waals surface area contributed by atoms with Gasteiger partial charge in [0.15, 0.2) is 0 Å². The van der Waals surface area contributed by atoms with Crippen LogP contribution >= 0.6 is 0 Å². The fraction of sp³-hybridized carbons (Fsp3) is 0.846. The van der Waals surface area contributed by atoms with Crippen molar-refractivity contribution in [3.8, 4) is 0 Å². The van der Waals surface area contributed by atoms with Gasteiger partial charge in [0.05, 0.1) is 6.10 Å². The summed E-state index contributed by atoms with van der Waals surface area (Å²) in [5, 5.41) is 11.7. The molecule has 176 valence electrons. The van der Waals surface area contributed by atoms with Crippen LogP contribution in [0.25, 0.3) is 0 Å². The molecule has 6 rings (SSSR count). The van der Waals surface area contributed by atoms with Crippen LogP contribution in [0, 0.1) is 39.9 Å². The zero-order valence-electron chi connectivity index (χ0n) is 19.8. The van der Waals surface area contributed by atoms with Gasteiger partial charge in [0.2, 0.25) is 0 Å². The number of hydrogen-bond donors (Lipinski definition) is 1. The van der Waals surface area contributed by atoms with E-state index in [0.29, 0.717) is 17.9 Å². The molecule has 0 radical (unpaired) electrons. The maximum Gasteiger partial charge on any atom is 0.302 e. The Morgan fingerprint density at radius 3 is 2.56 bits per heavy atom. The van der Waals surface area contributed by atoms with Crippen LogP contribution in [-0.4, -0.2) is 59.4 Å². The van der Waals surface area contributed by atoms with Crippen molar-refractivity contribution < 1.29 is 24.2 Å². The molecule has 1 aliphatic heterocycles. The first-order valence-electron chi connectivity index (χ1n) is 12.6. The molecule has 6 nitrogen and oxygen atoms in total. The predicted octanol–water partition coefficient (Wildman–Crippen LogP) is 2.93. The normalized spacial score (nSPS) is 55.0. The third-order valence-electron chi connectivity index (χ3n) is 11.1. The Labute approximate surface area is 190 Å². The van der Waals surface area contributed by atoms with Crippen molar-refractivity contribution in [2.45, 2.75) is 84.2 Å². The minimum absolute atomic E-state index is 0.0259. The molecule has 1 saturated heterocycles. The maximum atomic E-state index is 12.3. The number of nitrogens with zero attached hydrogens (tertiary/aromatic N) is 1. The molecule has 1 N–H and O–H groups in total. The van der Waals surface area contributed by atoms with Crippen molar-refractivity contribution in [3.05, 3.63) is 12.2 Å². The lowest BCUT2D eigenvalue weighted by atomic mass is 9.43. The Morgan fingerprint density at radius 2 is 1.91 bits per heavy atom. The van der Waals surface area contributed by atoms with Gasteiger partial charge < -0.3 is 14.6 Å². The van der Waals surface area contributed by atoms with E-state index in [4.69, 9.17) is 9.47 Å². The van der Waals surface area contributed by atoms with Crippen LogP contribution in [0.5, 0.6) is 0 Å². The van der Waals surface area contributed by atoms with Gasteiger partial charge in [0.1, 0.15) is 12.2 Å². The molecule has 5 aliphatic carbocycles. The van der Waals surface area contributed by atoms with E-state index in [1.807, 2.05) is 0 Å². The zero-order valence-corrected chi connectivity index (χ0v) is 19.8. The Kier molecular flexibility index (Phi) is 4.22. The van der Waals surface area contributed by atoms with E-state index in [0.717, 1.165) is 50.8 Å². The number of aliphatic hydroxyl groups is 1. The molecule has 2 spiro atoms. The molecule has 0 amide bonds. The number of fused-ring (bicyclic) bond motifs is 1. The van der Waals surface area contributed by atoms with Crippen LogP contribution in [0.1, 0.15) is 59.8 Å². The van der Waals surface area contributed by atoms with Crippen LogP contribution in [0.15, 0.2) is 12.2 Å². The quantitative estimate of drug-likeness (QED) is 0.534. The molecule has 0 aromatic heterocycles. The Balaban J connectivity index is 1.56. The Hall–Kier alpha value is -1.40. The van der Waals surface area contributed by atoms with Crippen molar-refractivity contribution >= 4 is 11.9 Å². The summed E-state index contributed by atoms with van der Waals surface area (Å²) in [6, 6.07) is 0.303. The lowest BCUT2D eigenvalue weighted by molar-refractivity contribution is -0.229. The number of hydrogen-bond acceptors (Lipinski definition) is 6. The number of rotatable bonds is 3. The second kappa shape index (κ2) is 6.38. The van der Waals surface area contributed by atoms with Gasteiger partial charge >= 0.3 is 11.9 Å². The fourth-order valence-electron chi connectivity index (χ4n) is 10.6. The summed E-state index contributed by atoms with van der Waals surface area (Å²) in [7, 11) is 0. The van der Waals surface area contributed by atoms with E-state index < -0.39 is 6.10 Å². The van der Waals surface area contributed by atoms with E-state index in [2.05, 4.69) is 25.3 Å². The first-order chi connectivity index (χ1) is 15.1. The highest BCUT2D eigenvalue weighted by Crippen LogP contribution is 2.83. The molecule has 7 bridgehead atoms. The average Bonchev–Trinajstić information content (AvgIpc) is 3.24. The zero-order chi connectivity index (χ0) is 22.8. The van der Waals surface area contributed by atoms with Gasteiger partial charge in [-0.2, -0.15) is 0 Å². The molecular formula is C26H37NO5. The molecule has 1 unspecified atom stereocenters. The van der Waals surface area contributed by atoms with Gasteiger partial charge in [0.25, 0.3) is 0 Å². The van der Waals surface area contributed by atoms with Crippen LogP contribution in [0.2, 0.25) is 0 Å². The van der Waals surface area contributed by atoms with Crippen molar-refractivity contribution in [1.82, 2.24) is 4.90 Å². The largest absolute Gasteiger partial charge is 0.462 e. The first kappa shape index (κ1) is 21.2. The minimum atomic E-state index is -0.575. The number of likely N-dealkylation sites (tertiary alicyclic amines) is 1. The Morgan fingerprint density at radius 1 is 1.19 bits per heavy atom. The van der Waals surface area contributed by atoms with Gasteiger partial charge in [-0.3, -0.25) is 14.5 Å². The van der Waals surface area contributed by atoms with Crippen LogP contribution in [-0.2, 0) is 19.1 Å². The van der Waals surface area contributed by atoms with Crippen molar-refractivity contribution in [2.75, 3.05) is 13.1 Å². The average molecular weight is 444 g/mol. The molecule has 0 aromatic rings. The van der Waals surface area contributed by atoms with Crippen molar-refractivity contribution in [1.29, 1.82) is 0 Å². The third kappa shape index (κ3) is 2.15. The minimum Gasteiger partial charge on any atom is -0.462 e. The number of aliphatic hydroxyl groups excluding tert-OH is 1. The SMILES string of the molecule is C=C1[C@H]2C[C@@]3([C@@H]1O)[C@@H](C[C@@H]2OC(C)=O)[C@@]12C4[C@@H]3C[C@@H]1[C@@](C)(CC[C@@H]2OC(C)=O)CN4CC. The first-order valence-corrected chi connectivity index (χ1v) is 12.6. The highest BCUT2D eigenvalue weighted by Gasteiger charge is 2.86. The van der Waals surface area contributed by atoms with E-state index in [9.17, 15) is 14.7 Å².